The normalized spacial score (nSPS) is 9.64. The first-order chi connectivity index (χ1) is 6.63. The SMILES string of the molecule is CCNC(=S)Nc1ccc(Cl)c(Br)c1. The maximum absolute atomic E-state index is 5.86. The van der Waals surface area contributed by atoms with Crippen LogP contribution >= 0.6 is 39.7 Å². The van der Waals surface area contributed by atoms with Crippen LogP contribution in [-0.4, -0.2) is 11.7 Å². The van der Waals surface area contributed by atoms with E-state index in [1.807, 2.05) is 25.1 Å². The predicted octanol–water partition coefficient (Wildman–Crippen LogP) is 3.41. The number of nitrogens with one attached hydrogen (secondary N) is 2. The first-order valence-corrected chi connectivity index (χ1v) is 5.71. The van der Waals surface area contributed by atoms with Crippen molar-refractivity contribution >= 4 is 50.5 Å². The van der Waals surface area contributed by atoms with Crippen molar-refractivity contribution in [2.75, 3.05) is 11.9 Å². The highest BCUT2D eigenvalue weighted by Crippen LogP contribution is 2.25. The molecule has 2 N–H and O–H groups in total. The smallest absolute Gasteiger partial charge is 0.170 e. The van der Waals surface area contributed by atoms with Gasteiger partial charge in [0.15, 0.2) is 5.11 Å². The van der Waals surface area contributed by atoms with E-state index in [0.717, 1.165) is 16.7 Å². The fraction of sp³-hybridized carbons (Fsp3) is 0.222. The summed E-state index contributed by atoms with van der Waals surface area (Å²) in [5.41, 5.74) is 0.909. The molecule has 14 heavy (non-hydrogen) atoms. The zero-order chi connectivity index (χ0) is 10.6. The standard InChI is InChI=1S/C9H10BrClN2S/c1-2-12-9(14)13-6-3-4-8(11)7(10)5-6/h3-5H,2H2,1H3,(H2,12,13,14). The number of hydrogen-bond acceptors (Lipinski definition) is 1. The summed E-state index contributed by atoms with van der Waals surface area (Å²) < 4.78 is 0.850. The van der Waals surface area contributed by atoms with Gasteiger partial charge in [-0.2, -0.15) is 0 Å². The lowest BCUT2D eigenvalue weighted by Crippen LogP contribution is -2.27. The van der Waals surface area contributed by atoms with Crippen LogP contribution in [-0.2, 0) is 0 Å². The van der Waals surface area contributed by atoms with Crippen LogP contribution in [0.15, 0.2) is 22.7 Å². The second kappa shape index (κ2) is 5.53. The summed E-state index contributed by atoms with van der Waals surface area (Å²) in [5.74, 6) is 0. The summed E-state index contributed by atoms with van der Waals surface area (Å²) >= 11 is 14.2. The summed E-state index contributed by atoms with van der Waals surface area (Å²) in [6, 6.07) is 5.56. The van der Waals surface area contributed by atoms with Gasteiger partial charge in [-0.25, -0.2) is 0 Å². The molecule has 0 heterocycles. The Bertz CT molecular complexity index is 344. The lowest BCUT2D eigenvalue weighted by Gasteiger charge is -2.09. The Hall–Kier alpha value is -0.320. The minimum absolute atomic E-state index is 0.613. The van der Waals surface area contributed by atoms with E-state index in [-0.39, 0.29) is 0 Å². The number of anilines is 1. The molecule has 1 aromatic carbocycles. The summed E-state index contributed by atoms with van der Waals surface area (Å²) in [5, 5.41) is 7.34. The molecule has 0 saturated heterocycles. The van der Waals surface area contributed by atoms with E-state index < -0.39 is 0 Å². The van der Waals surface area contributed by atoms with E-state index >= 15 is 0 Å². The maximum atomic E-state index is 5.86. The molecule has 0 saturated carbocycles. The number of thiocarbonyl (C=S) groups is 1. The molecule has 1 aromatic rings. The largest absolute Gasteiger partial charge is 0.363 e. The Morgan fingerprint density at radius 3 is 2.86 bits per heavy atom. The fourth-order valence-electron chi connectivity index (χ4n) is 0.910. The zero-order valence-corrected chi connectivity index (χ0v) is 10.8. The van der Waals surface area contributed by atoms with Gasteiger partial charge in [0.05, 0.1) is 5.02 Å². The summed E-state index contributed by atoms with van der Waals surface area (Å²) in [4.78, 5) is 0. The molecule has 1 rings (SSSR count). The van der Waals surface area contributed by atoms with E-state index in [4.69, 9.17) is 23.8 Å². The van der Waals surface area contributed by atoms with Gasteiger partial charge in [0.2, 0.25) is 0 Å². The van der Waals surface area contributed by atoms with Crippen LogP contribution in [0.1, 0.15) is 6.92 Å². The monoisotopic (exact) mass is 292 g/mol. The van der Waals surface area contributed by atoms with Crippen LogP contribution in [0.2, 0.25) is 5.02 Å². The van der Waals surface area contributed by atoms with Crippen LogP contribution in [0.4, 0.5) is 5.69 Å². The molecule has 0 amide bonds. The predicted molar refractivity (Wildman–Crippen MR) is 69.0 cm³/mol. The van der Waals surface area contributed by atoms with Gasteiger partial charge in [0.25, 0.3) is 0 Å². The van der Waals surface area contributed by atoms with Gasteiger partial charge in [0, 0.05) is 16.7 Å². The van der Waals surface area contributed by atoms with E-state index in [1.54, 1.807) is 0 Å². The molecule has 76 valence electrons. The Labute approximate surface area is 102 Å². The minimum atomic E-state index is 0.613. The van der Waals surface area contributed by atoms with Gasteiger partial charge in [-0.15, -0.1) is 0 Å². The van der Waals surface area contributed by atoms with Crippen LogP contribution in [0.3, 0.4) is 0 Å². The Kier molecular flexibility index (Phi) is 4.65. The van der Waals surface area contributed by atoms with Crippen LogP contribution in [0.5, 0.6) is 0 Å². The van der Waals surface area contributed by atoms with Crippen LogP contribution in [0.25, 0.3) is 0 Å². The van der Waals surface area contributed by atoms with Crippen molar-refractivity contribution < 1.29 is 0 Å². The molecule has 0 aliphatic carbocycles. The lowest BCUT2D eigenvalue weighted by atomic mass is 10.3. The number of benzene rings is 1. The highest BCUT2D eigenvalue weighted by Gasteiger charge is 1.99. The molecule has 0 spiro atoms. The molecule has 0 fully saturated rings. The van der Waals surface area contributed by atoms with Crippen LogP contribution in [0, 0.1) is 0 Å². The van der Waals surface area contributed by atoms with Gasteiger partial charge in [0.1, 0.15) is 0 Å². The van der Waals surface area contributed by atoms with Crippen molar-refractivity contribution in [2.24, 2.45) is 0 Å². The third-order valence-electron chi connectivity index (χ3n) is 1.51. The Morgan fingerprint density at radius 2 is 2.29 bits per heavy atom. The van der Waals surface area contributed by atoms with E-state index in [2.05, 4.69) is 26.6 Å². The van der Waals surface area contributed by atoms with Crippen molar-refractivity contribution in [3.8, 4) is 0 Å². The molecule has 2 nitrogen and oxygen atoms in total. The zero-order valence-electron chi connectivity index (χ0n) is 7.60. The summed E-state index contributed by atoms with van der Waals surface area (Å²) in [6.45, 7) is 2.80. The molecular weight excluding hydrogens is 284 g/mol. The quantitative estimate of drug-likeness (QED) is 0.817. The average molecular weight is 294 g/mol. The van der Waals surface area contributed by atoms with Crippen molar-refractivity contribution in [1.82, 2.24) is 5.32 Å². The van der Waals surface area contributed by atoms with Gasteiger partial charge in [-0.3, -0.25) is 0 Å². The second-order valence-corrected chi connectivity index (χ2v) is 4.28. The topological polar surface area (TPSA) is 24.1 Å². The van der Waals surface area contributed by atoms with Gasteiger partial charge < -0.3 is 10.6 Å². The van der Waals surface area contributed by atoms with Gasteiger partial charge in [-0.05, 0) is 53.3 Å². The summed E-state index contributed by atoms with van der Waals surface area (Å²) in [6.07, 6.45) is 0. The molecule has 0 aliphatic rings. The fourth-order valence-corrected chi connectivity index (χ4v) is 1.67. The first-order valence-electron chi connectivity index (χ1n) is 4.13. The molecule has 0 unspecified atom stereocenters. The summed E-state index contributed by atoms with van der Waals surface area (Å²) in [7, 11) is 0. The minimum Gasteiger partial charge on any atom is -0.363 e. The van der Waals surface area contributed by atoms with E-state index in [0.29, 0.717) is 10.1 Å². The van der Waals surface area contributed by atoms with Crippen molar-refractivity contribution in [3.05, 3.63) is 27.7 Å². The highest BCUT2D eigenvalue weighted by atomic mass is 79.9. The molecule has 5 heteroatoms. The molecule has 0 aromatic heterocycles. The van der Waals surface area contributed by atoms with Crippen molar-refractivity contribution in [3.63, 3.8) is 0 Å². The Morgan fingerprint density at radius 1 is 1.57 bits per heavy atom. The third kappa shape index (κ3) is 3.44. The van der Waals surface area contributed by atoms with Crippen LogP contribution < -0.4 is 10.6 Å². The maximum Gasteiger partial charge on any atom is 0.170 e. The average Bonchev–Trinajstić information content (AvgIpc) is 2.12. The van der Waals surface area contributed by atoms with Crippen molar-refractivity contribution in [2.45, 2.75) is 6.92 Å². The van der Waals surface area contributed by atoms with E-state index in [9.17, 15) is 0 Å². The molecule has 0 bridgehead atoms. The highest BCUT2D eigenvalue weighted by molar-refractivity contribution is 9.10. The van der Waals surface area contributed by atoms with Crippen molar-refractivity contribution in [1.29, 1.82) is 0 Å². The van der Waals surface area contributed by atoms with Gasteiger partial charge in [-0.1, -0.05) is 11.6 Å². The number of halogens is 2. The molecule has 0 atom stereocenters. The van der Waals surface area contributed by atoms with Gasteiger partial charge >= 0.3 is 0 Å². The second-order valence-electron chi connectivity index (χ2n) is 2.61. The molecular formula is C9H10BrClN2S. The third-order valence-corrected chi connectivity index (χ3v) is 2.98. The molecule has 0 aliphatic heterocycles. The number of hydrogen-bond donors (Lipinski definition) is 2. The molecule has 0 radical (unpaired) electrons. The Balaban J connectivity index is 2.68. The lowest BCUT2D eigenvalue weighted by molar-refractivity contribution is 0.979. The van der Waals surface area contributed by atoms with E-state index in [1.165, 1.54) is 0 Å². The first kappa shape index (κ1) is 11.8. The number of rotatable bonds is 2.